The standard InChI is InChI=1S/C22H25NO3/c1-26-20-9-7-16(8-10-20)17-4-2-5-18(14-17)21(24)23-13-3-6-19(15-23)22(25)11-12-22/h2,4-5,7-10,14,19,25H,3,6,11-13,15H2,1H3. The van der Waals surface area contributed by atoms with E-state index in [0.29, 0.717) is 12.1 Å². The minimum absolute atomic E-state index is 0.0642. The largest absolute Gasteiger partial charge is 0.497 e. The molecule has 1 heterocycles. The first-order valence-electron chi connectivity index (χ1n) is 9.35. The molecule has 1 saturated heterocycles. The zero-order chi connectivity index (χ0) is 18.1. The van der Waals surface area contributed by atoms with Crippen LogP contribution in [-0.4, -0.2) is 41.7 Å². The Morgan fingerprint density at radius 2 is 1.92 bits per heavy atom. The Morgan fingerprint density at radius 3 is 2.62 bits per heavy atom. The van der Waals surface area contributed by atoms with E-state index in [4.69, 9.17) is 4.74 Å². The summed E-state index contributed by atoms with van der Waals surface area (Å²) in [4.78, 5) is 14.9. The molecular formula is C22H25NO3. The maximum Gasteiger partial charge on any atom is 0.253 e. The van der Waals surface area contributed by atoms with Crippen molar-refractivity contribution in [1.29, 1.82) is 0 Å². The number of amides is 1. The first-order valence-corrected chi connectivity index (χ1v) is 9.35. The van der Waals surface area contributed by atoms with Crippen molar-refractivity contribution in [2.24, 2.45) is 5.92 Å². The molecule has 1 saturated carbocycles. The van der Waals surface area contributed by atoms with E-state index in [2.05, 4.69) is 0 Å². The topological polar surface area (TPSA) is 49.8 Å². The van der Waals surface area contributed by atoms with Gasteiger partial charge >= 0.3 is 0 Å². The van der Waals surface area contributed by atoms with Gasteiger partial charge in [-0.3, -0.25) is 4.79 Å². The third kappa shape index (κ3) is 3.34. The molecule has 0 spiro atoms. The van der Waals surface area contributed by atoms with Gasteiger partial charge in [-0.1, -0.05) is 24.3 Å². The van der Waals surface area contributed by atoms with Crippen molar-refractivity contribution in [3.63, 3.8) is 0 Å². The van der Waals surface area contributed by atoms with Gasteiger partial charge in [-0.2, -0.15) is 0 Å². The van der Waals surface area contributed by atoms with E-state index < -0.39 is 5.60 Å². The molecular weight excluding hydrogens is 326 g/mol. The summed E-state index contributed by atoms with van der Waals surface area (Å²) in [7, 11) is 1.65. The number of piperidine rings is 1. The molecule has 26 heavy (non-hydrogen) atoms. The molecule has 2 aliphatic rings. The molecule has 4 rings (SSSR count). The lowest BCUT2D eigenvalue weighted by atomic mass is 9.90. The second-order valence-corrected chi connectivity index (χ2v) is 7.50. The molecule has 1 unspecified atom stereocenters. The minimum Gasteiger partial charge on any atom is -0.497 e. The molecule has 0 radical (unpaired) electrons. The third-order valence-electron chi connectivity index (χ3n) is 5.76. The summed E-state index contributed by atoms with van der Waals surface area (Å²) >= 11 is 0. The Morgan fingerprint density at radius 1 is 1.15 bits per heavy atom. The fourth-order valence-corrected chi connectivity index (χ4v) is 3.93. The summed E-state index contributed by atoms with van der Waals surface area (Å²) in [5, 5.41) is 10.4. The highest BCUT2D eigenvalue weighted by Gasteiger charge is 2.49. The van der Waals surface area contributed by atoms with Crippen molar-refractivity contribution in [1.82, 2.24) is 4.90 Å². The van der Waals surface area contributed by atoms with Crippen LogP contribution >= 0.6 is 0 Å². The van der Waals surface area contributed by atoms with E-state index in [-0.39, 0.29) is 11.8 Å². The van der Waals surface area contributed by atoms with Gasteiger partial charge in [0.2, 0.25) is 0 Å². The van der Waals surface area contributed by atoms with Crippen LogP contribution in [0.2, 0.25) is 0 Å². The van der Waals surface area contributed by atoms with Gasteiger partial charge in [0.05, 0.1) is 12.7 Å². The van der Waals surface area contributed by atoms with Crippen molar-refractivity contribution in [3.05, 3.63) is 54.1 Å². The average molecular weight is 351 g/mol. The molecule has 1 N–H and O–H groups in total. The van der Waals surface area contributed by atoms with E-state index in [1.807, 2.05) is 53.4 Å². The van der Waals surface area contributed by atoms with Crippen LogP contribution in [0.25, 0.3) is 11.1 Å². The minimum atomic E-state index is -0.510. The van der Waals surface area contributed by atoms with Crippen LogP contribution in [0.3, 0.4) is 0 Å². The molecule has 0 bridgehead atoms. The van der Waals surface area contributed by atoms with E-state index in [0.717, 1.165) is 49.1 Å². The van der Waals surface area contributed by atoms with Gasteiger partial charge in [0.25, 0.3) is 5.91 Å². The maximum atomic E-state index is 13.0. The van der Waals surface area contributed by atoms with Crippen LogP contribution < -0.4 is 4.74 Å². The van der Waals surface area contributed by atoms with Crippen LogP contribution in [0.1, 0.15) is 36.0 Å². The molecule has 2 fully saturated rings. The maximum absolute atomic E-state index is 13.0. The molecule has 136 valence electrons. The van der Waals surface area contributed by atoms with E-state index >= 15 is 0 Å². The lowest BCUT2D eigenvalue weighted by molar-refractivity contribution is 0.0282. The zero-order valence-electron chi connectivity index (χ0n) is 15.1. The van der Waals surface area contributed by atoms with Crippen LogP contribution in [0.4, 0.5) is 0 Å². The summed E-state index contributed by atoms with van der Waals surface area (Å²) in [5.41, 5.74) is 2.28. The van der Waals surface area contributed by atoms with Gasteiger partial charge < -0.3 is 14.7 Å². The number of hydrogen-bond acceptors (Lipinski definition) is 3. The van der Waals surface area contributed by atoms with Crippen molar-refractivity contribution < 1.29 is 14.6 Å². The van der Waals surface area contributed by atoms with Crippen molar-refractivity contribution in [2.75, 3.05) is 20.2 Å². The number of rotatable bonds is 4. The number of methoxy groups -OCH3 is 1. The molecule has 1 atom stereocenters. The predicted octanol–water partition coefficient (Wildman–Crippen LogP) is 3.74. The van der Waals surface area contributed by atoms with Crippen LogP contribution in [-0.2, 0) is 0 Å². The second-order valence-electron chi connectivity index (χ2n) is 7.50. The summed E-state index contributed by atoms with van der Waals surface area (Å²) in [6.07, 6.45) is 3.75. The van der Waals surface area contributed by atoms with Gasteiger partial charge in [0.15, 0.2) is 0 Å². The van der Waals surface area contributed by atoms with Crippen molar-refractivity contribution in [2.45, 2.75) is 31.3 Å². The molecule has 1 aliphatic carbocycles. The first kappa shape index (κ1) is 17.1. The van der Waals surface area contributed by atoms with Gasteiger partial charge in [0, 0.05) is 24.6 Å². The quantitative estimate of drug-likeness (QED) is 0.913. The molecule has 4 heteroatoms. The van der Waals surface area contributed by atoms with Crippen molar-refractivity contribution in [3.8, 4) is 16.9 Å². The Hall–Kier alpha value is -2.33. The Balaban J connectivity index is 1.52. The van der Waals surface area contributed by atoms with Gasteiger partial charge in [-0.25, -0.2) is 0 Å². The van der Waals surface area contributed by atoms with Gasteiger partial charge in [-0.05, 0) is 61.1 Å². The number of hydrogen-bond donors (Lipinski definition) is 1. The summed E-state index contributed by atoms with van der Waals surface area (Å²) < 4.78 is 5.21. The number of ether oxygens (including phenoxy) is 1. The summed E-state index contributed by atoms with van der Waals surface area (Å²) in [6.45, 7) is 1.44. The average Bonchev–Trinajstić information content (AvgIpc) is 3.46. The lowest BCUT2D eigenvalue weighted by Crippen LogP contribution is -2.44. The van der Waals surface area contributed by atoms with Gasteiger partial charge in [0.1, 0.15) is 5.75 Å². The summed E-state index contributed by atoms with van der Waals surface area (Å²) in [6, 6.07) is 15.6. The number of carbonyl (C=O) groups is 1. The molecule has 1 aliphatic heterocycles. The Labute approximate surface area is 154 Å². The smallest absolute Gasteiger partial charge is 0.253 e. The molecule has 4 nitrogen and oxygen atoms in total. The number of nitrogens with zero attached hydrogens (tertiary/aromatic N) is 1. The second kappa shape index (κ2) is 6.76. The predicted molar refractivity (Wildman–Crippen MR) is 101 cm³/mol. The zero-order valence-corrected chi connectivity index (χ0v) is 15.1. The highest BCUT2D eigenvalue weighted by Crippen LogP contribution is 2.45. The number of benzene rings is 2. The number of carbonyl (C=O) groups excluding carboxylic acids is 1. The van der Waals surface area contributed by atoms with E-state index in [1.54, 1.807) is 7.11 Å². The number of likely N-dealkylation sites (tertiary alicyclic amines) is 1. The Bertz CT molecular complexity index is 795. The third-order valence-corrected chi connectivity index (χ3v) is 5.76. The lowest BCUT2D eigenvalue weighted by Gasteiger charge is -2.35. The molecule has 0 aromatic heterocycles. The monoisotopic (exact) mass is 351 g/mol. The molecule has 1 amide bonds. The highest BCUT2D eigenvalue weighted by atomic mass is 16.5. The van der Waals surface area contributed by atoms with Crippen molar-refractivity contribution >= 4 is 5.91 Å². The van der Waals surface area contributed by atoms with Gasteiger partial charge in [-0.15, -0.1) is 0 Å². The van der Waals surface area contributed by atoms with E-state index in [9.17, 15) is 9.90 Å². The fourth-order valence-electron chi connectivity index (χ4n) is 3.93. The van der Waals surface area contributed by atoms with Crippen LogP contribution in [0.15, 0.2) is 48.5 Å². The molecule has 2 aromatic carbocycles. The molecule has 2 aromatic rings. The fraction of sp³-hybridized carbons (Fsp3) is 0.409. The first-order chi connectivity index (χ1) is 12.6. The highest BCUT2D eigenvalue weighted by molar-refractivity contribution is 5.95. The van der Waals surface area contributed by atoms with E-state index in [1.165, 1.54) is 0 Å². The number of aliphatic hydroxyl groups is 1. The Kier molecular flexibility index (Phi) is 4.45. The van der Waals surface area contributed by atoms with Crippen LogP contribution in [0, 0.1) is 5.92 Å². The normalized spacial score (nSPS) is 21.3. The summed E-state index contributed by atoms with van der Waals surface area (Å²) in [5.74, 6) is 1.11. The SMILES string of the molecule is COc1ccc(-c2cccc(C(=O)N3CCCC(C4(O)CC4)C3)c2)cc1. The van der Waals surface area contributed by atoms with Crippen LogP contribution in [0.5, 0.6) is 5.75 Å².